The predicted octanol–water partition coefficient (Wildman–Crippen LogP) is 4.61. The molecule has 0 saturated carbocycles. The van der Waals surface area contributed by atoms with Gasteiger partial charge in [-0.05, 0) is 48.5 Å². The number of hydrogen-bond donors (Lipinski definition) is 2. The van der Waals surface area contributed by atoms with Gasteiger partial charge in [-0.2, -0.15) is 0 Å². The molecule has 1 heterocycles. The minimum atomic E-state index is -0.581. The van der Waals surface area contributed by atoms with Crippen LogP contribution in [0.4, 0.5) is 15.8 Å². The van der Waals surface area contributed by atoms with Crippen LogP contribution in [0.1, 0.15) is 10.4 Å². The minimum absolute atomic E-state index is 0.0266. The summed E-state index contributed by atoms with van der Waals surface area (Å²) in [6.07, 6.45) is 0. The smallest absolute Gasteiger partial charge is 0.258 e. The lowest BCUT2D eigenvalue weighted by Crippen LogP contribution is -2.15. The molecular formula is C25H22FN5O3S. The molecule has 10 heteroatoms. The van der Waals surface area contributed by atoms with Crippen LogP contribution in [0.15, 0.2) is 78.0 Å². The number of nitrogens with zero attached hydrogens (tertiary/aromatic N) is 3. The molecule has 0 unspecified atom stereocenters. The van der Waals surface area contributed by atoms with E-state index in [4.69, 9.17) is 4.74 Å². The number of benzene rings is 3. The zero-order chi connectivity index (χ0) is 24.8. The van der Waals surface area contributed by atoms with Gasteiger partial charge in [0.05, 0.1) is 24.1 Å². The summed E-state index contributed by atoms with van der Waals surface area (Å²) in [4.78, 5) is 24.7. The van der Waals surface area contributed by atoms with Crippen molar-refractivity contribution >= 4 is 35.0 Å². The Bertz CT molecular complexity index is 1360. The number of ether oxygens (including phenoxy) is 1. The molecule has 0 fully saturated rings. The van der Waals surface area contributed by atoms with Crippen molar-refractivity contribution in [1.82, 2.24) is 14.8 Å². The third-order valence-electron chi connectivity index (χ3n) is 5.07. The molecule has 35 heavy (non-hydrogen) atoms. The van der Waals surface area contributed by atoms with E-state index in [-0.39, 0.29) is 17.2 Å². The highest BCUT2D eigenvalue weighted by atomic mass is 32.2. The van der Waals surface area contributed by atoms with Crippen LogP contribution < -0.4 is 15.4 Å². The zero-order valence-electron chi connectivity index (χ0n) is 19.0. The van der Waals surface area contributed by atoms with Gasteiger partial charge in [0, 0.05) is 18.3 Å². The molecule has 178 valence electrons. The monoisotopic (exact) mass is 491 g/mol. The van der Waals surface area contributed by atoms with E-state index in [1.165, 1.54) is 30.0 Å². The lowest BCUT2D eigenvalue weighted by atomic mass is 10.1. The topological polar surface area (TPSA) is 98.1 Å². The number of thioether (sulfide) groups is 1. The first kappa shape index (κ1) is 24.0. The minimum Gasteiger partial charge on any atom is -0.495 e. The molecular weight excluding hydrogens is 469 g/mol. The maximum absolute atomic E-state index is 13.8. The molecule has 0 aliphatic heterocycles. The summed E-state index contributed by atoms with van der Waals surface area (Å²) < 4.78 is 20.9. The van der Waals surface area contributed by atoms with Crippen molar-refractivity contribution in [3.8, 4) is 17.1 Å². The third-order valence-corrected chi connectivity index (χ3v) is 6.09. The molecule has 1 aromatic heterocycles. The number of hydrogen-bond acceptors (Lipinski definition) is 6. The number of amides is 2. The van der Waals surface area contributed by atoms with E-state index in [1.54, 1.807) is 54.1 Å². The highest BCUT2D eigenvalue weighted by Gasteiger charge is 2.15. The fourth-order valence-electron chi connectivity index (χ4n) is 3.30. The highest BCUT2D eigenvalue weighted by molar-refractivity contribution is 7.99. The van der Waals surface area contributed by atoms with E-state index in [0.29, 0.717) is 28.1 Å². The van der Waals surface area contributed by atoms with Gasteiger partial charge < -0.3 is 19.9 Å². The quantitative estimate of drug-likeness (QED) is 0.349. The van der Waals surface area contributed by atoms with Gasteiger partial charge in [0.1, 0.15) is 11.6 Å². The molecule has 0 saturated heterocycles. The summed E-state index contributed by atoms with van der Waals surface area (Å²) in [5, 5.41) is 14.5. The van der Waals surface area contributed by atoms with Crippen molar-refractivity contribution in [3.63, 3.8) is 0 Å². The molecule has 4 aromatic rings. The number of halogens is 1. The molecule has 0 aliphatic carbocycles. The van der Waals surface area contributed by atoms with Crippen LogP contribution in [0.2, 0.25) is 0 Å². The normalized spacial score (nSPS) is 10.6. The van der Waals surface area contributed by atoms with Crippen molar-refractivity contribution in [2.24, 2.45) is 7.05 Å². The molecule has 4 rings (SSSR count). The number of rotatable bonds is 8. The van der Waals surface area contributed by atoms with Crippen LogP contribution in [-0.2, 0) is 11.8 Å². The van der Waals surface area contributed by atoms with Gasteiger partial charge in [-0.15, -0.1) is 10.2 Å². The molecule has 3 aromatic carbocycles. The Hall–Kier alpha value is -4.18. The number of aromatic nitrogens is 3. The second kappa shape index (κ2) is 10.8. The molecule has 0 bridgehead atoms. The van der Waals surface area contributed by atoms with Gasteiger partial charge in [0.2, 0.25) is 5.91 Å². The Morgan fingerprint density at radius 3 is 2.43 bits per heavy atom. The van der Waals surface area contributed by atoms with Crippen LogP contribution in [0.25, 0.3) is 11.4 Å². The van der Waals surface area contributed by atoms with Crippen LogP contribution in [0.5, 0.6) is 5.75 Å². The van der Waals surface area contributed by atoms with Gasteiger partial charge in [-0.25, -0.2) is 4.39 Å². The average Bonchev–Trinajstić information content (AvgIpc) is 3.24. The summed E-state index contributed by atoms with van der Waals surface area (Å²) in [5.41, 5.74) is 1.86. The SMILES string of the molecule is COc1ccccc1NC(=O)CSc1nnc(-c2ccc(NC(=O)c3ccccc3F)cc2)n1C. The number of nitrogens with one attached hydrogen (secondary N) is 2. The first-order chi connectivity index (χ1) is 17.0. The molecule has 0 atom stereocenters. The molecule has 0 radical (unpaired) electrons. The van der Waals surface area contributed by atoms with Crippen molar-refractivity contribution in [1.29, 1.82) is 0 Å². The Balaban J connectivity index is 1.38. The molecule has 2 amide bonds. The highest BCUT2D eigenvalue weighted by Crippen LogP contribution is 2.26. The lowest BCUT2D eigenvalue weighted by molar-refractivity contribution is -0.113. The van der Waals surface area contributed by atoms with Gasteiger partial charge in [0.15, 0.2) is 11.0 Å². The number of carbonyl (C=O) groups is 2. The molecule has 0 aliphatic rings. The predicted molar refractivity (Wildman–Crippen MR) is 133 cm³/mol. The summed E-state index contributed by atoms with van der Waals surface area (Å²) in [6, 6.07) is 20.0. The average molecular weight is 492 g/mol. The lowest BCUT2D eigenvalue weighted by Gasteiger charge is -2.09. The van der Waals surface area contributed by atoms with E-state index in [9.17, 15) is 14.0 Å². The van der Waals surface area contributed by atoms with Crippen molar-refractivity contribution in [2.45, 2.75) is 5.16 Å². The summed E-state index contributed by atoms with van der Waals surface area (Å²) in [7, 11) is 3.36. The van der Waals surface area contributed by atoms with Gasteiger partial charge in [-0.3, -0.25) is 9.59 Å². The summed E-state index contributed by atoms with van der Waals surface area (Å²) in [5.74, 6) is 0.0243. The zero-order valence-corrected chi connectivity index (χ0v) is 19.8. The standard InChI is InChI=1S/C25H22FN5O3S/c1-31-23(16-11-13-17(14-12-16)27-24(33)18-7-3-4-8-19(18)26)29-30-25(31)35-15-22(32)28-20-9-5-6-10-21(20)34-2/h3-14H,15H2,1-2H3,(H,27,33)(H,28,32). The first-order valence-corrected chi connectivity index (χ1v) is 11.6. The fraction of sp³-hybridized carbons (Fsp3) is 0.120. The van der Waals surface area contributed by atoms with Crippen molar-refractivity contribution in [3.05, 3.63) is 84.2 Å². The number of anilines is 2. The number of carbonyl (C=O) groups excluding carboxylic acids is 2. The molecule has 0 spiro atoms. The van der Waals surface area contributed by atoms with Crippen molar-refractivity contribution < 1.29 is 18.7 Å². The maximum atomic E-state index is 13.8. The Kier molecular flexibility index (Phi) is 7.41. The van der Waals surface area contributed by atoms with Crippen LogP contribution >= 0.6 is 11.8 Å². The Labute approximate surface area is 205 Å². The van der Waals surface area contributed by atoms with E-state index in [1.807, 2.05) is 19.2 Å². The second-order valence-electron chi connectivity index (χ2n) is 7.41. The van der Waals surface area contributed by atoms with Crippen LogP contribution in [0.3, 0.4) is 0 Å². The third kappa shape index (κ3) is 5.67. The fourth-order valence-corrected chi connectivity index (χ4v) is 4.01. The Morgan fingerprint density at radius 1 is 0.971 bits per heavy atom. The summed E-state index contributed by atoms with van der Waals surface area (Å²) >= 11 is 1.26. The van der Waals surface area contributed by atoms with E-state index in [0.717, 1.165) is 5.56 Å². The second-order valence-corrected chi connectivity index (χ2v) is 8.36. The largest absolute Gasteiger partial charge is 0.495 e. The van der Waals surface area contributed by atoms with Crippen LogP contribution in [-0.4, -0.2) is 39.4 Å². The first-order valence-electron chi connectivity index (χ1n) is 10.6. The van der Waals surface area contributed by atoms with Gasteiger partial charge in [-0.1, -0.05) is 36.0 Å². The van der Waals surface area contributed by atoms with Gasteiger partial charge >= 0.3 is 0 Å². The number of para-hydroxylation sites is 2. The van der Waals surface area contributed by atoms with Crippen molar-refractivity contribution in [2.75, 3.05) is 23.5 Å². The van der Waals surface area contributed by atoms with E-state index < -0.39 is 11.7 Å². The molecule has 2 N–H and O–H groups in total. The number of methoxy groups -OCH3 is 1. The Morgan fingerprint density at radius 2 is 1.69 bits per heavy atom. The van der Waals surface area contributed by atoms with E-state index >= 15 is 0 Å². The molecule has 8 nitrogen and oxygen atoms in total. The maximum Gasteiger partial charge on any atom is 0.258 e. The summed E-state index contributed by atoms with van der Waals surface area (Å²) in [6.45, 7) is 0. The van der Waals surface area contributed by atoms with Gasteiger partial charge in [0.25, 0.3) is 5.91 Å². The van der Waals surface area contributed by atoms with E-state index in [2.05, 4.69) is 20.8 Å². The van der Waals surface area contributed by atoms with Crippen LogP contribution in [0, 0.1) is 5.82 Å².